The number of nitrogens with one attached hydrogen (secondary N) is 1. The molecule has 0 spiro atoms. The summed E-state index contributed by atoms with van der Waals surface area (Å²) in [5, 5.41) is 2.77. The maximum absolute atomic E-state index is 12.7. The highest BCUT2D eigenvalue weighted by molar-refractivity contribution is 5.90. The minimum absolute atomic E-state index is 0.00652. The Morgan fingerprint density at radius 2 is 2.00 bits per heavy atom. The SMILES string of the molecule is Nc1nc2c(c(N3CC=CCC3)n1)CCN(C(=O)[C@@H]1CCC(=O)N1)CC2. The number of carbonyl (C=O) groups excluding carboxylic acids is 2. The summed E-state index contributed by atoms with van der Waals surface area (Å²) in [5.74, 6) is 1.16. The van der Waals surface area contributed by atoms with Crippen molar-refractivity contribution in [2.45, 2.75) is 38.1 Å². The van der Waals surface area contributed by atoms with Crippen LogP contribution < -0.4 is 16.0 Å². The quantitative estimate of drug-likeness (QED) is 0.725. The number of hydrogen-bond acceptors (Lipinski definition) is 6. The van der Waals surface area contributed by atoms with Crippen molar-refractivity contribution < 1.29 is 9.59 Å². The van der Waals surface area contributed by atoms with Gasteiger partial charge in [0.05, 0.1) is 5.69 Å². The molecular formula is C18H24N6O2. The van der Waals surface area contributed by atoms with Crippen LogP contribution in [-0.4, -0.2) is 58.9 Å². The number of nitrogen functional groups attached to an aromatic ring is 1. The van der Waals surface area contributed by atoms with Crippen LogP contribution in [0.25, 0.3) is 0 Å². The molecule has 0 saturated carbocycles. The number of fused-ring (bicyclic) bond motifs is 1. The average Bonchev–Trinajstić information content (AvgIpc) is 2.97. The third-order valence-corrected chi connectivity index (χ3v) is 5.30. The van der Waals surface area contributed by atoms with E-state index in [1.54, 1.807) is 0 Å². The normalized spacial score (nSPS) is 22.8. The number of rotatable bonds is 2. The lowest BCUT2D eigenvalue weighted by Gasteiger charge is -2.27. The minimum atomic E-state index is -0.383. The van der Waals surface area contributed by atoms with Crippen molar-refractivity contribution in [1.29, 1.82) is 0 Å². The second-order valence-corrected chi connectivity index (χ2v) is 7.02. The molecule has 3 aliphatic rings. The third-order valence-electron chi connectivity index (χ3n) is 5.30. The van der Waals surface area contributed by atoms with Crippen LogP contribution in [0.2, 0.25) is 0 Å². The Labute approximate surface area is 152 Å². The second-order valence-electron chi connectivity index (χ2n) is 7.02. The van der Waals surface area contributed by atoms with Crippen LogP contribution in [-0.2, 0) is 22.4 Å². The first kappa shape index (κ1) is 16.8. The number of nitrogens with zero attached hydrogens (tertiary/aromatic N) is 4. The molecule has 1 aromatic heterocycles. The first-order chi connectivity index (χ1) is 12.6. The van der Waals surface area contributed by atoms with Gasteiger partial charge in [0, 0.05) is 44.6 Å². The van der Waals surface area contributed by atoms with Gasteiger partial charge in [-0.15, -0.1) is 0 Å². The topological polar surface area (TPSA) is 104 Å². The van der Waals surface area contributed by atoms with E-state index in [2.05, 4.69) is 32.3 Å². The summed E-state index contributed by atoms with van der Waals surface area (Å²) >= 11 is 0. The molecule has 1 atom stereocenters. The van der Waals surface area contributed by atoms with Gasteiger partial charge < -0.3 is 20.9 Å². The van der Waals surface area contributed by atoms with E-state index in [4.69, 9.17) is 5.73 Å². The van der Waals surface area contributed by atoms with E-state index in [-0.39, 0.29) is 23.8 Å². The Hall–Kier alpha value is -2.64. The van der Waals surface area contributed by atoms with E-state index in [0.29, 0.717) is 38.8 Å². The zero-order valence-electron chi connectivity index (χ0n) is 14.8. The molecule has 3 N–H and O–H groups in total. The Kier molecular flexibility index (Phi) is 4.48. The second kappa shape index (κ2) is 6.93. The standard InChI is InChI=1S/C18H24N6O2/c19-18-21-13-7-11-24(17(26)14-4-5-15(25)20-14)10-6-12(13)16(22-18)23-8-2-1-3-9-23/h1-2,14H,3-11H2,(H,20,25)(H2,19,21,22)/t14-/m0/s1. The van der Waals surface area contributed by atoms with Crippen LogP contribution in [0, 0.1) is 0 Å². The van der Waals surface area contributed by atoms with Crippen LogP contribution in [0.3, 0.4) is 0 Å². The molecule has 1 fully saturated rings. The van der Waals surface area contributed by atoms with E-state index >= 15 is 0 Å². The van der Waals surface area contributed by atoms with E-state index in [1.165, 1.54) is 0 Å². The van der Waals surface area contributed by atoms with Crippen molar-refractivity contribution in [2.24, 2.45) is 0 Å². The summed E-state index contributed by atoms with van der Waals surface area (Å²) in [4.78, 5) is 37.2. The maximum Gasteiger partial charge on any atom is 0.245 e. The highest BCUT2D eigenvalue weighted by Gasteiger charge is 2.32. The fraction of sp³-hybridized carbons (Fsp3) is 0.556. The zero-order chi connectivity index (χ0) is 18.1. The first-order valence-corrected chi connectivity index (χ1v) is 9.25. The fourth-order valence-electron chi connectivity index (χ4n) is 3.93. The van der Waals surface area contributed by atoms with Crippen LogP contribution in [0.5, 0.6) is 0 Å². The van der Waals surface area contributed by atoms with Crippen molar-refractivity contribution in [3.8, 4) is 0 Å². The lowest BCUT2D eigenvalue weighted by atomic mass is 10.1. The Morgan fingerprint density at radius 1 is 1.15 bits per heavy atom. The van der Waals surface area contributed by atoms with E-state index < -0.39 is 0 Å². The molecule has 8 nitrogen and oxygen atoms in total. The van der Waals surface area contributed by atoms with Gasteiger partial charge in [-0.05, 0) is 19.3 Å². The Balaban J connectivity index is 1.55. The predicted molar refractivity (Wildman–Crippen MR) is 97.6 cm³/mol. The summed E-state index contributed by atoms with van der Waals surface area (Å²) < 4.78 is 0. The van der Waals surface area contributed by atoms with E-state index in [0.717, 1.165) is 36.6 Å². The Morgan fingerprint density at radius 3 is 2.73 bits per heavy atom. The van der Waals surface area contributed by atoms with Crippen LogP contribution in [0.4, 0.5) is 11.8 Å². The summed E-state index contributed by atoms with van der Waals surface area (Å²) in [6.45, 7) is 2.94. The van der Waals surface area contributed by atoms with Crippen LogP contribution >= 0.6 is 0 Å². The molecule has 3 aliphatic heterocycles. The Bertz CT molecular complexity index is 762. The largest absolute Gasteiger partial charge is 0.368 e. The fourth-order valence-corrected chi connectivity index (χ4v) is 3.93. The predicted octanol–water partition coefficient (Wildman–Crippen LogP) is 0.0309. The maximum atomic E-state index is 12.7. The van der Waals surface area contributed by atoms with Crippen molar-refractivity contribution >= 4 is 23.6 Å². The molecule has 0 aliphatic carbocycles. The molecule has 1 saturated heterocycles. The van der Waals surface area contributed by atoms with Gasteiger partial charge in [0.1, 0.15) is 11.9 Å². The smallest absolute Gasteiger partial charge is 0.245 e. The molecule has 0 radical (unpaired) electrons. The molecule has 4 heterocycles. The van der Waals surface area contributed by atoms with Gasteiger partial charge in [-0.25, -0.2) is 4.98 Å². The van der Waals surface area contributed by atoms with E-state index in [9.17, 15) is 9.59 Å². The number of anilines is 2. The van der Waals surface area contributed by atoms with Crippen molar-refractivity contribution in [3.63, 3.8) is 0 Å². The molecule has 4 rings (SSSR count). The van der Waals surface area contributed by atoms with E-state index in [1.807, 2.05) is 4.90 Å². The molecule has 8 heteroatoms. The summed E-state index contributed by atoms with van der Waals surface area (Å²) in [5.41, 5.74) is 7.99. The molecule has 2 amide bonds. The summed E-state index contributed by atoms with van der Waals surface area (Å²) in [6.07, 6.45) is 7.69. The zero-order valence-corrected chi connectivity index (χ0v) is 14.8. The highest BCUT2D eigenvalue weighted by Crippen LogP contribution is 2.27. The van der Waals surface area contributed by atoms with Crippen LogP contribution in [0.15, 0.2) is 12.2 Å². The van der Waals surface area contributed by atoms with Gasteiger partial charge in [-0.3, -0.25) is 9.59 Å². The lowest BCUT2D eigenvalue weighted by molar-refractivity contribution is -0.134. The van der Waals surface area contributed by atoms with Gasteiger partial charge in [0.15, 0.2) is 0 Å². The van der Waals surface area contributed by atoms with Crippen molar-refractivity contribution in [3.05, 3.63) is 23.4 Å². The van der Waals surface area contributed by atoms with Crippen molar-refractivity contribution in [2.75, 3.05) is 36.8 Å². The third kappa shape index (κ3) is 3.23. The van der Waals surface area contributed by atoms with Crippen molar-refractivity contribution in [1.82, 2.24) is 20.2 Å². The number of aromatic nitrogens is 2. The molecular weight excluding hydrogens is 332 g/mol. The molecule has 0 bridgehead atoms. The van der Waals surface area contributed by atoms with Gasteiger partial charge in [0.2, 0.25) is 17.8 Å². The number of amides is 2. The molecule has 0 aromatic carbocycles. The van der Waals surface area contributed by atoms with Gasteiger partial charge in [-0.2, -0.15) is 4.98 Å². The molecule has 138 valence electrons. The van der Waals surface area contributed by atoms with Gasteiger partial charge >= 0.3 is 0 Å². The number of nitrogens with two attached hydrogens (primary N) is 1. The summed E-state index contributed by atoms with van der Waals surface area (Å²) in [7, 11) is 0. The monoisotopic (exact) mass is 356 g/mol. The van der Waals surface area contributed by atoms with Crippen LogP contribution in [0.1, 0.15) is 30.5 Å². The number of hydrogen-bond donors (Lipinski definition) is 2. The summed E-state index contributed by atoms with van der Waals surface area (Å²) in [6, 6.07) is -0.383. The molecule has 0 unspecified atom stereocenters. The lowest BCUT2D eigenvalue weighted by Crippen LogP contribution is -2.45. The van der Waals surface area contributed by atoms with Gasteiger partial charge in [0.25, 0.3) is 0 Å². The minimum Gasteiger partial charge on any atom is -0.368 e. The average molecular weight is 356 g/mol. The first-order valence-electron chi connectivity index (χ1n) is 9.25. The molecule has 26 heavy (non-hydrogen) atoms. The highest BCUT2D eigenvalue weighted by atomic mass is 16.2. The number of carbonyl (C=O) groups is 2. The van der Waals surface area contributed by atoms with Gasteiger partial charge in [-0.1, -0.05) is 12.2 Å². The molecule has 1 aromatic rings.